The molecule has 0 saturated heterocycles. The molecule has 0 heterocycles. The molecule has 17 heavy (non-hydrogen) atoms. The lowest BCUT2D eigenvalue weighted by Crippen LogP contribution is -2.30. The average Bonchev–Trinajstić information content (AvgIpc) is 2.35. The molecular formula is C14H19F2N. The number of nitrogens with one attached hydrogen (secondary N) is 1. The molecule has 0 aliphatic heterocycles. The second-order valence-corrected chi connectivity index (χ2v) is 4.96. The third-order valence-corrected chi connectivity index (χ3v) is 3.76. The van der Waals surface area contributed by atoms with Gasteiger partial charge in [-0.05, 0) is 62.8 Å². The standard InChI is InChI=1S/C14H19F2N/c1-17-12-5-2-10(3-6-12)8-11-4-7-13(15)14(16)9-11/h4,7,9-10,12,17H,2-3,5-6,8H2,1H3. The van der Waals surface area contributed by atoms with Gasteiger partial charge in [0.25, 0.3) is 0 Å². The van der Waals surface area contributed by atoms with Gasteiger partial charge in [-0.2, -0.15) is 0 Å². The minimum Gasteiger partial charge on any atom is -0.317 e. The Morgan fingerprint density at radius 3 is 2.41 bits per heavy atom. The summed E-state index contributed by atoms with van der Waals surface area (Å²) in [4.78, 5) is 0. The van der Waals surface area contributed by atoms with Gasteiger partial charge in [-0.1, -0.05) is 6.07 Å². The Bertz CT molecular complexity index is 370. The van der Waals surface area contributed by atoms with Gasteiger partial charge < -0.3 is 5.32 Å². The topological polar surface area (TPSA) is 12.0 Å². The second kappa shape index (κ2) is 5.58. The third-order valence-electron chi connectivity index (χ3n) is 3.76. The van der Waals surface area contributed by atoms with Gasteiger partial charge in [-0.3, -0.25) is 0 Å². The van der Waals surface area contributed by atoms with Gasteiger partial charge in [-0.25, -0.2) is 8.78 Å². The first kappa shape index (κ1) is 12.5. The molecule has 1 aliphatic carbocycles. The van der Waals surface area contributed by atoms with Crippen molar-refractivity contribution in [3.8, 4) is 0 Å². The molecule has 3 heteroatoms. The molecule has 1 saturated carbocycles. The Labute approximate surface area is 101 Å². The summed E-state index contributed by atoms with van der Waals surface area (Å²) in [6.07, 6.45) is 5.58. The summed E-state index contributed by atoms with van der Waals surface area (Å²) in [5.74, 6) is -0.872. The Morgan fingerprint density at radius 1 is 1.12 bits per heavy atom. The molecule has 1 aromatic rings. The van der Waals surface area contributed by atoms with Crippen LogP contribution in [-0.2, 0) is 6.42 Å². The van der Waals surface area contributed by atoms with Gasteiger partial charge in [0.15, 0.2) is 11.6 Å². The summed E-state index contributed by atoms with van der Waals surface area (Å²) in [5, 5.41) is 3.30. The maximum Gasteiger partial charge on any atom is 0.159 e. The molecule has 94 valence electrons. The molecule has 0 atom stereocenters. The van der Waals surface area contributed by atoms with E-state index in [0.29, 0.717) is 12.0 Å². The molecule has 0 radical (unpaired) electrons. The monoisotopic (exact) mass is 239 g/mol. The molecule has 0 spiro atoms. The number of halogens is 2. The zero-order valence-electron chi connectivity index (χ0n) is 10.2. The highest BCUT2D eigenvalue weighted by molar-refractivity contribution is 5.18. The fraction of sp³-hybridized carbons (Fsp3) is 0.571. The van der Waals surface area contributed by atoms with Crippen LogP contribution in [0.2, 0.25) is 0 Å². The van der Waals surface area contributed by atoms with Gasteiger partial charge >= 0.3 is 0 Å². The SMILES string of the molecule is CNC1CCC(Cc2ccc(F)c(F)c2)CC1. The van der Waals surface area contributed by atoms with E-state index in [9.17, 15) is 8.78 Å². The van der Waals surface area contributed by atoms with Gasteiger partial charge in [0.05, 0.1) is 0 Å². The summed E-state index contributed by atoms with van der Waals surface area (Å²) >= 11 is 0. The normalized spacial score (nSPS) is 24.9. The van der Waals surface area contributed by atoms with Crippen molar-refractivity contribution in [2.24, 2.45) is 5.92 Å². The van der Waals surface area contributed by atoms with Crippen LogP contribution in [0.4, 0.5) is 8.78 Å². The zero-order chi connectivity index (χ0) is 12.3. The lowest BCUT2D eigenvalue weighted by Gasteiger charge is -2.28. The molecule has 2 rings (SSSR count). The van der Waals surface area contributed by atoms with Crippen molar-refractivity contribution in [1.29, 1.82) is 0 Å². The van der Waals surface area contributed by atoms with Crippen molar-refractivity contribution in [2.75, 3.05) is 7.05 Å². The number of rotatable bonds is 3. The van der Waals surface area contributed by atoms with Crippen molar-refractivity contribution >= 4 is 0 Å². The molecule has 1 aliphatic rings. The number of benzene rings is 1. The second-order valence-electron chi connectivity index (χ2n) is 4.96. The first-order valence-electron chi connectivity index (χ1n) is 6.30. The van der Waals surface area contributed by atoms with Gasteiger partial charge in [0.1, 0.15) is 0 Å². The first-order valence-corrected chi connectivity index (χ1v) is 6.30. The summed E-state index contributed by atoms with van der Waals surface area (Å²) < 4.78 is 25.9. The first-order chi connectivity index (χ1) is 8.19. The third kappa shape index (κ3) is 3.25. The highest BCUT2D eigenvalue weighted by atomic mass is 19.2. The minimum atomic E-state index is -0.757. The molecule has 1 nitrogen and oxygen atoms in total. The molecule has 1 aromatic carbocycles. The molecule has 1 fully saturated rings. The number of hydrogen-bond donors (Lipinski definition) is 1. The number of hydrogen-bond acceptors (Lipinski definition) is 1. The van der Waals surface area contributed by atoms with Crippen LogP contribution >= 0.6 is 0 Å². The Hall–Kier alpha value is -0.960. The maximum absolute atomic E-state index is 13.1. The maximum atomic E-state index is 13.1. The highest BCUT2D eigenvalue weighted by Crippen LogP contribution is 2.27. The van der Waals surface area contributed by atoms with Crippen LogP contribution in [0.15, 0.2) is 18.2 Å². The van der Waals surface area contributed by atoms with Crippen molar-refractivity contribution in [3.63, 3.8) is 0 Å². The minimum absolute atomic E-state index is 0.615. The zero-order valence-corrected chi connectivity index (χ0v) is 10.2. The van der Waals surface area contributed by atoms with Gasteiger partial charge in [0, 0.05) is 6.04 Å². The van der Waals surface area contributed by atoms with Crippen molar-refractivity contribution in [3.05, 3.63) is 35.4 Å². The van der Waals surface area contributed by atoms with Crippen molar-refractivity contribution < 1.29 is 8.78 Å². The molecule has 0 amide bonds. The quantitative estimate of drug-likeness (QED) is 0.853. The predicted octanol–water partition coefficient (Wildman–Crippen LogP) is 3.29. The van der Waals surface area contributed by atoms with E-state index in [1.165, 1.54) is 37.8 Å². The van der Waals surface area contributed by atoms with Crippen LogP contribution in [-0.4, -0.2) is 13.1 Å². The van der Waals surface area contributed by atoms with E-state index in [1.807, 2.05) is 7.05 Å². The van der Waals surface area contributed by atoms with Gasteiger partial charge in [-0.15, -0.1) is 0 Å². The van der Waals surface area contributed by atoms with E-state index in [0.717, 1.165) is 12.0 Å². The van der Waals surface area contributed by atoms with Crippen LogP contribution in [0.3, 0.4) is 0 Å². The van der Waals surface area contributed by atoms with E-state index >= 15 is 0 Å². The predicted molar refractivity (Wildman–Crippen MR) is 64.9 cm³/mol. The van der Waals surface area contributed by atoms with Crippen LogP contribution in [0.25, 0.3) is 0 Å². The van der Waals surface area contributed by atoms with Crippen LogP contribution in [0.5, 0.6) is 0 Å². The van der Waals surface area contributed by atoms with Crippen LogP contribution in [0, 0.1) is 17.6 Å². The highest BCUT2D eigenvalue weighted by Gasteiger charge is 2.20. The Morgan fingerprint density at radius 2 is 1.82 bits per heavy atom. The Balaban J connectivity index is 1.91. The van der Waals surface area contributed by atoms with Gasteiger partial charge in [0.2, 0.25) is 0 Å². The van der Waals surface area contributed by atoms with Crippen LogP contribution in [0.1, 0.15) is 31.2 Å². The lowest BCUT2D eigenvalue weighted by molar-refractivity contribution is 0.300. The molecule has 0 aromatic heterocycles. The summed E-state index contributed by atoms with van der Waals surface area (Å²) in [7, 11) is 2.00. The van der Waals surface area contributed by atoms with E-state index < -0.39 is 11.6 Å². The van der Waals surface area contributed by atoms with Crippen LogP contribution < -0.4 is 5.32 Å². The molecule has 0 bridgehead atoms. The lowest BCUT2D eigenvalue weighted by atomic mass is 9.82. The molecular weight excluding hydrogens is 220 g/mol. The van der Waals surface area contributed by atoms with E-state index in [2.05, 4.69) is 5.32 Å². The summed E-state index contributed by atoms with van der Waals surface area (Å²) in [6, 6.07) is 4.89. The average molecular weight is 239 g/mol. The smallest absolute Gasteiger partial charge is 0.159 e. The molecule has 1 N–H and O–H groups in total. The largest absolute Gasteiger partial charge is 0.317 e. The fourth-order valence-corrected chi connectivity index (χ4v) is 2.66. The fourth-order valence-electron chi connectivity index (χ4n) is 2.66. The van der Waals surface area contributed by atoms with E-state index in [4.69, 9.17) is 0 Å². The van der Waals surface area contributed by atoms with Crippen molar-refractivity contribution in [1.82, 2.24) is 5.32 Å². The Kier molecular flexibility index (Phi) is 4.11. The van der Waals surface area contributed by atoms with Crippen molar-refractivity contribution in [2.45, 2.75) is 38.1 Å². The van der Waals surface area contributed by atoms with E-state index in [-0.39, 0.29) is 0 Å². The molecule has 0 unspecified atom stereocenters. The summed E-state index contributed by atoms with van der Waals surface area (Å²) in [6.45, 7) is 0. The summed E-state index contributed by atoms with van der Waals surface area (Å²) in [5.41, 5.74) is 0.914. The van der Waals surface area contributed by atoms with E-state index in [1.54, 1.807) is 6.07 Å².